The van der Waals surface area contributed by atoms with Crippen LogP contribution in [0.15, 0.2) is 52.9 Å². The molecule has 1 N–H and O–H groups in total. The van der Waals surface area contributed by atoms with Gasteiger partial charge < -0.3 is 9.52 Å². The van der Waals surface area contributed by atoms with Gasteiger partial charge in [-0.25, -0.2) is 4.39 Å². The average molecular weight is 270 g/mol. The fourth-order valence-corrected chi connectivity index (χ4v) is 2.34. The zero-order valence-electron chi connectivity index (χ0n) is 11.4. The van der Waals surface area contributed by atoms with Crippen molar-refractivity contribution >= 4 is 11.0 Å². The fourth-order valence-electron chi connectivity index (χ4n) is 2.34. The summed E-state index contributed by atoms with van der Waals surface area (Å²) in [5.74, 6) is 0.0868. The Morgan fingerprint density at radius 2 is 1.90 bits per heavy atom. The van der Waals surface area contributed by atoms with Gasteiger partial charge in [0.05, 0.1) is 0 Å². The highest BCUT2D eigenvalue weighted by atomic mass is 19.1. The molecule has 102 valence electrons. The van der Waals surface area contributed by atoms with E-state index in [-0.39, 0.29) is 5.82 Å². The Labute approximate surface area is 116 Å². The Balaban J connectivity index is 2.13. The first-order valence-corrected chi connectivity index (χ1v) is 6.46. The lowest BCUT2D eigenvalue weighted by Gasteiger charge is -2.21. The summed E-state index contributed by atoms with van der Waals surface area (Å²) in [4.78, 5) is 0. The van der Waals surface area contributed by atoms with Crippen LogP contribution < -0.4 is 0 Å². The molecular formula is C17H15FO2. The van der Waals surface area contributed by atoms with Gasteiger partial charge in [0, 0.05) is 5.39 Å². The second-order valence-electron chi connectivity index (χ2n) is 5.23. The van der Waals surface area contributed by atoms with Gasteiger partial charge in [-0.2, -0.15) is 0 Å². The van der Waals surface area contributed by atoms with Gasteiger partial charge in [0.25, 0.3) is 0 Å². The van der Waals surface area contributed by atoms with Crippen LogP contribution in [0.3, 0.4) is 0 Å². The Morgan fingerprint density at radius 1 is 1.10 bits per heavy atom. The molecule has 0 spiro atoms. The first kappa shape index (κ1) is 12.9. The van der Waals surface area contributed by atoms with Crippen LogP contribution in [0.5, 0.6) is 0 Å². The molecular weight excluding hydrogens is 255 g/mol. The smallest absolute Gasteiger partial charge is 0.144 e. The SMILES string of the molecule is Cc1cccc(C(C)(O)c2cc3cc(F)ccc3o2)c1. The van der Waals surface area contributed by atoms with E-state index in [4.69, 9.17) is 4.42 Å². The van der Waals surface area contributed by atoms with Crippen LogP contribution >= 0.6 is 0 Å². The molecule has 1 heterocycles. The number of halogens is 1. The van der Waals surface area contributed by atoms with E-state index in [0.29, 0.717) is 16.7 Å². The third-order valence-electron chi connectivity index (χ3n) is 3.54. The Bertz CT molecular complexity index is 772. The van der Waals surface area contributed by atoms with Crippen LogP contribution in [0.4, 0.5) is 4.39 Å². The number of hydrogen-bond acceptors (Lipinski definition) is 2. The molecule has 3 aromatic rings. The van der Waals surface area contributed by atoms with Crippen molar-refractivity contribution in [2.75, 3.05) is 0 Å². The van der Waals surface area contributed by atoms with Crippen LogP contribution in [-0.2, 0) is 5.60 Å². The van der Waals surface area contributed by atoms with Gasteiger partial charge in [-0.05, 0) is 43.7 Å². The van der Waals surface area contributed by atoms with Crippen LogP contribution in [0.1, 0.15) is 23.8 Å². The van der Waals surface area contributed by atoms with Gasteiger partial charge in [-0.3, -0.25) is 0 Å². The maximum Gasteiger partial charge on any atom is 0.144 e. The molecule has 0 aliphatic rings. The second kappa shape index (κ2) is 4.46. The van der Waals surface area contributed by atoms with Crippen LogP contribution in [0.2, 0.25) is 0 Å². The Hall–Kier alpha value is -2.13. The summed E-state index contributed by atoms with van der Waals surface area (Å²) in [6.45, 7) is 3.64. The van der Waals surface area contributed by atoms with E-state index in [1.54, 1.807) is 19.1 Å². The van der Waals surface area contributed by atoms with E-state index >= 15 is 0 Å². The minimum Gasteiger partial charge on any atom is -0.458 e. The largest absolute Gasteiger partial charge is 0.458 e. The molecule has 0 saturated carbocycles. The first-order chi connectivity index (χ1) is 9.46. The summed E-state index contributed by atoms with van der Waals surface area (Å²) >= 11 is 0. The van der Waals surface area contributed by atoms with E-state index in [9.17, 15) is 9.50 Å². The van der Waals surface area contributed by atoms with Gasteiger partial charge >= 0.3 is 0 Å². The van der Waals surface area contributed by atoms with E-state index < -0.39 is 5.60 Å². The number of aryl methyl sites for hydroxylation is 1. The number of rotatable bonds is 2. The number of aliphatic hydroxyl groups is 1. The zero-order chi connectivity index (χ0) is 14.3. The molecule has 1 aromatic heterocycles. The Kier molecular flexibility index (Phi) is 2.87. The molecule has 1 atom stereocenters. The van der Waals surface area contributed by atoms with E-state index in [1.807, 2.05) is 31.2 Å². The normalized spacial score (nSPS) is 14.4. The molecule has 2 aromatic carbocycles. The highest BCUT2D eigenvalue weighted by Gasteiger charge is 2.29. The van der Waals surface area contributed by atoms with Crippen molar-refractivity contribution in [3.05, 3.63) is 71.2 Å². The molecule has 3 heteroatoms. The standard InChI is InChI=1S/C17H15FO2/c1-11-4-3-5-13(8-11)17(2,19)16-10-12-9-14(18)6-7-15(12)20-16/h3-10,19H,1-2H3. The summed E-state index contributed by atoms with van der Waals surface area (Å²) in [5.41, 5.74) is 1.12. The van der Waals surface area contributed by atoms with Gasteiger partial charge in [0.15, 0.2) is 0 Å². The molecule has 0 aliphatic carbocycles. The lowest BCUT2D eigenvalue weighted by atomic mass is 9.92. The van der Waals surface area contributed by atoms with Crippen molar-refractivity contribution in [2.45, 2.75) is 19.4 Å². The lowest BCUT2D eigenvalue weighted by Crippen LogP contribution is -2.21. The van der Waals surface area contributed by atoms with Gasteiger partial charge in [0.1, 0.15) is 22.8 Å². The molecule has 0 aliphatic heterocycles. The third-order valence-corrected chi connectivity index (χ3v) is 3.54. The lowest BCUT2D eigenvalue weighted by molar-refractivity contribution is 0.0786. The van der Waals surface area contributed by atoms with Crippen LogP contribution in [0.25, 0.3) is 11.0 Å². The molecule has 2 nitrogen and oxygen atoms in total. The predicted molar refractivity (Wildman–Crippen MR) is 76.0 cm³/mol. The molecule has 3 rings (SSSR count). The monoisotopic (exact) mass is 270 g/mol. The molecule has 0 amide bonds. The number of benzene rings is 2. The quantitative estimate of drug-likeness (QED) is 0.759. The maximum atomic E-state index is 13.2. The van der Waals surface area contributed by atoms with E-state index in [0.717, 1.165) is 11.1 Å². The van der Waals surface area contributed by atoms with E-state index in [1.165, 1.54) is 12.1 Å². The summed E-state index contributed by atoms with van der Waals surface area (Å²) in [6, 6.07) is 13.6. The second-order valence-corrected chi connectivity index (χ2v) is 5.23. The topological polar surface area (TPSA) is 33.4 Å². The molecule has 1 unspecified atom stereocenters. The highest BCUT2D eigenvalue weighted by molar-refractivity contribution is 5.78. The minimum atomic E-state index is -1.25. The summed E-state index contributed by atoms with van der Waals surface area (Å²) in [7, 11) is 0. The first-order valence-electron chi connectivity index (χ1n) is 6.46. The van der Waals surface area contributed by atoms with Gasteiger partial charge in [-0.15, -0.1) is 0 Å². The van der Waals surface area contributed by atoms with Crippen molar-refractivity contribution in [2.24, 2.45) is 0 Å². The van der Waals surface area contributed by atoms with Crippen LogP contribution in [-0.4, -0.2) is 5.11 Å². The van der Waals surface area contributed by atoms with Crippen molar-refractivity contribution < 1.29 is 13.9 Å². The number of hydrogen-bond donors (Lipinski definition) is 1. The number of fused-ring (bicyclic) bond motifs is 1. The fraction of sp³-hybridized carbons (Fsp3) is 0.176. The van der Waals surface area contributed by atoms with Gasteiger partial charge in [-0.1, -0.05) is 29.8 Å². The molecule has 20 heavy (non-hydrogen) atoms. The average Bonchev–Trinajstić information content (AvgIpc) is 2.82. The minimum absolute atomic E-state index is 0.319. The molecule has 0 bridgehead atoms. The zero-order valence-corrected chi connectivity index (χ0v) is 11.4. The molecule has 0 fully saturated rings. The molecule has 0 radical (unpaired) electrons. The van der Waals surface area contributed by atoms with Crippen LogP contribution in [0, 0.1) is 12.7 Å². The van der Waals surface area contributed by atoms with Crippen molar-refractivity contribution in [3.63, 3.8) is 0 Å². The maximum absolute atomic E-state index is 13.2. The number of furan rings is 1. The van der Waals surface area contributed by atoms with E-state index in [2.05, 4.69) is 0 Å². The van der Waals surface area contributed by atoms with Gasteiger partial charge in [0.2, 0.25) is 0 Å². The third kappa shape index (κ3) is 2.10. The van der Waals surface area contributed by atoms with Crippen molar-refractivity contribution in [1.29, 1.82) is 0 Å². The summed E-state index contributed by atoms with van der Waals surface area (Å²) in [5, 5.41) is 11.4. The Morgan fingerprint density at radius 3 is 2.65 bits per heavy atom. The highest BCUT2D eigenvalue weighted by Crippen LogP contribution is 2.33. The van der Waals surface area contributed by atoms with Crippen molar-refractivity contribution in [3.8, 4) is 0 Å². The predicted octanol–water partition coefficient (Wildman–Crippen LogP) is 4.14. The van der Waals surface area contributed by atoms with Crippen molar-refractivity contribution in [1.82, 2.24) is 0 Å². The summed E-state index contributed by atoms with van der Waals surface area (Å²) < 4.78 is 18.9. The summed E-state index contributed by atoms with van der Waals surface area (Å²) in [6.07, 6.45) is 0. The molecule has 0 saturated heterocycles.